The molecule has 1 fully saturated rings. The third-order valence-corrected chi connectivity index (χ3v) is 4.39. The van der Waals surface area contributed by atoms with Crippen molar-refractivity contribution >= 4 is 11.9 Å². The molecule has 1 amide bonds. The van der Waals surface area contributed by atoms with Crippen molar-refractivity contribution in [3.05, 3.63) is 65.2 Å². The number of rotatable bonds is 5. The van der Waals surface area contributed by atoms with E-state index >= 15 is 0 Å². The predicted molar refractivity (Wildman–Crippen MR) is 93.6 cm³/mol. The van der Waals surface area contributed by atoms with Gasteiger partial charge in [0, 0.05) is 18.7 Å². The molecule has 2 aromatic rings. The van der Waals surface area contributed by atoms with E-state index in [4.69, 9.17) is 9.84 Å². The van der Waals surface area contributed by atoms with Crippen LogP contribution in [0.2, 0.25) is 0 Å². The fraction of sp³-hybridized carbons (Fsp3) is 0.300. The Morgan fingerprint density at radius 2 is 2.00 bits per heavy atom. The number of carbonyl (C=O) groups excluding carboxylic acids is 1. The zero-order chi connectivity index (χ0) is 17.8. The summed E-state index contributed by atoms with van der Waals surface area (Å²) in [6.45, 7) is 3.21. The van der Waals surface area contributed by atoms with Gasteiger partial charge in [-0.25, -0.2) is 0 Å². The van der Waals surface area contributed by atoms with E-state index < -0.39 is 11.9 Å². The number of nitrogens with zero attached hydrogens (tertiary/aromatic N) is 1. The van der Waals surface area contributed by atoms with Gasteiger partial charge in [0.25, 0.3) is 5.91 Å². The third-order valence-electron chi connectivity index (χ3n) is 4.39. The second-order valence-electron chi connectivity index (χ2n) is 6.38. The summed E-state index contributed by atoms with van der Waals surface area (Å²) in [6, 6.07) is 15.1. The topological polar surface area (TPSA) is 66.8 Å². The number of carbonyl (C=O) groups is 2. The molecule has 0 spiro atoms. The van der Waals surface area contributed by atoms with Crippen LogP contribution in [0.1, 0.15) is 27.9 Å². The summed E-state index contributed by atoms with van der Waals surface area (Å²) in [5, 5.41) is 9.07. The highest BCUT2D eigenvalue weighted by Crippen LogP contribution is 2.21. The molecule has 3 rings (SSSR count). The molecular weight excluding hydrogens is 318 g/mol. The summed E-state index contributed by atoms with van der Waals surface area (Å²) in [4.78, 5) is 25.2. The molecule has 1 heterocycles. The number of benzene rings is 2. The predicted octanol–water partition coefficient (Wildman–Crippen LogP) is 3.12. The first-order chi connectivity index (χ1) is 12.0. The molecular formula is C20H21NO4. The van der Waals surface area contributed by atoms with Crippen molar-refractivity contribution in [2.75, 3.05) is 13.1 Å². The molecule has 1 atom stereocenters. The first kappa shape index (κ1) is 17.0. The van der Waals surface area contributed by atoms with Crippen LogP contribution in [-0.2, 0) is 11.4 Å². The van der Waals surface area contributed by atoms with Gasteiger partial charge in [-0.3, -0.25) is 9.59 Å². The van der Waals surface area contributed by atoms with Gasteiger partial charge < -0.3 is 14.7 Å². The molecule has 1 saturated heterocycles. The Morgan fingerprint density at radius 3 is 2.72 bits per heavy atom. The van der Waals surface area contributed by atoms with E-state index in [1.165, 1.54) is 5.56 Å². The van der Waals surface area contributed by atoms with Crippen molar-refractivity contribution in [1.82, 2.24) is 4.90 Å². The first-order valence-electron chi connectivity index (χ1n) is 8.33. The Kier molecular flexibility index (Phi) is 5.03. The minimum absolute atomic E-state index is 0.148. The van der Waals surface area contributed by atoms with Crippen molar-refractivity contribution < 1.29 is 19.4 Å². The molecule has 5 nitrogen and oxygen atoms in total. The van der Waals surface area contributed by atoms with Crippen molar-refractivity contribution in [2.24, 2.45) is 5.92 Å². The van der Waals surface area contributed by atoms with Gasteiger partial charge >= 0.3 is 5.97 Å². The van der Waals surface area contributed by atoms with Gasteiger partial charge in [0.05, 0.1) is 5.92 Å². The monoisotopic (exact) mass is 339 g/mol. The van der Waals surface area contributed by atoms with Crippen LogP contribution in [0.5, 0.6) is 5.75 Å². The minimum atomic E-state index is -0.842. The first-order valence-corrected chi connectivity index (χ1v) is 8.33. The number of likely N-dealkylation sites (tertiary alicyclic amines) is 1. The molecule has 0 bridgehead atoms. The zero-order valence-corrected chi connectivity index (χ0v) is 14.1. The van der Waals surface area contributed by atoms with E-state index in [1.54, 1.807) is 23.1 Å². The van der Waals surface area contributed by atoms with E-state index in [2.05, 4.69) is 6.07 Å². The van der Waals surface area contributed by atoms with Gasteiger partial charge in [-0.2, -0.15) is 0 Å². The van der Waals surface area contributed by atoms with E-state index in [0.29, 0.717) is 30.9 Å². The lowest BCUT2D eigenvalue weighted by molar-refractivity contribution is -0.141. The summed E-state index contributed by atoms with van der Waals surface area (Å²) in [7, 11) is 0. The van der Waals surface area contributed by atoms with Crippen LogP contribution in [-0.4, -0.2) is 35.0 Å². The van der Waals surface area contributed by atoms with Crippen LogP contribution < -0.4 is 4.74 Å². The van der Waals surface area contributed by atoms with E-state index in [0.717, 1.165) is 5.56 Å². The maximum Gasteiger partial charge on any atom is 0.308 e. The fourth-order valence-electron chi connectivity index (χ4n) is 3.02. The number of aliphatic carboxylic acids is 1. The summed E-state index contributed by atoms with van der Waals surface area (Å²) in [5.41, 5.74) is 2.76. The van der Waals surface area contributed by atoms with Crippen LogP contribution in [0.3, 0.4) is 0 Å². The highest BCUT2D eigenvalue weighted by atomic mass is 16.5. The third kappa shape index (κ3) is 4.18. The Bertz CT molecular complexity index is 787. The lowest BCUT2D eigenvalue weighted by Crippen LogP contribution is -2.29. The number of carboxylic acids is 1. The van der Waals surface area contributed by atoms with E-state index in [-0.39, 0.29) is 12.5 Å². The molecule has 1 aliphatic rings. The molecule has 0 aromatic heterocycles. The number of hydrogen-bond acceptors (Lipinski definition) is 3. The molecule has 0 aliphatic carbocycles. The summed E-state index contributed by atoms with van der Waals surface area (Å²) >= 11 is 0. The summed E-state index contributed by atoms with van der Waals surface area (Å²) < 4.78 is 5.80. The largest absolute Gasteiger partial charge is 0.489 e. The molecule has 5 heteroatoms. The van der Waals surface area contributed by atoms with Crippen LogP contribution in [0, 0.1) is 12.8 Å². The van der Waals surface area contributed by atoms with Gasteiger partial charge in [0.2, 0.25) is 0 Å². The Balaban J connectivity index is 1.65. The fourth-order valence-corrected chi connectivity index (χ4v) is 3.02. The van der Waals surface area contributed by atoms with Crippen molar-refractivity contribution in [1.29, 1.82) is 0 Å². The maximum atomic E-state index is 12.6. The van der Waals surface area contributed by atoms with Crippen LogP contribution in [0.15, 0.2) is 48.5 Å². The van der Waals surface area contributed by atoms with Gasteiger partial charge in [-0.15, -0.1) is 0 Å². The number of carboxylic acid groups (broad SMARTS) is 1. The molecule has 0 saturated carbocycles. The smallest absolute Gasteiger partial charge is 0.308 e. The van der Waals surface area contributed by atoms with Crippen molar-refractivity contribution in [3.63, 3.8) is 0 Å². The molecule has 0 radical (unpaired) electrons. The highest BCUT2D eigenvalue weighted by Gasteiger charge is 2.31. The van der Waals surface area contributed by atoms with Crippen LogP contribution >= 0.6 is 0 Å². The Labute approximate surface area is 146 Å². The molecule has 1 unspecified atom stereocenters. The molecule has 1 N–H and O–H groups in total. The van der Waals surface area contributed by atoms with Crippen molar-refractivity contribution in [2.45, 2.75) is 20.0 Å². The second kappa shape index (κ2) is 7.38. The standard InChI is InChI=1S/C20H21NO4/c1-14-4-2-5-15(10-14)13-25-18-7-3-6-16(11-18)19(22)21-9-8-17(12-21)20(23)24/h2-7,10-11,17H,8-9,12-13H2,1H3,(H,23,24). The maximum absolute atomic E-state index is 12.6. The molecule has 2 aromatic carbocycles. The number of hydrogen-bond donors (Lipinski definition) is 1. The lowest BCUT2D eigenvalue weighted by atomic mass is 10.1. The number of amides is 1. The summed E-state index contributed by atoms with van der Waals surface area (Å²) in [6.07, 6.45) is 0.505. The molecule has 1 aliphatic heterocycles. The minimum Gasteiger partial charge on any atom is -0.489 e. The van der Waals surface area contributed by atoms with E-state index in [1.807, 2.05) is 31.2 Å². The second-order valence-corrected chi connectivity index (χ2v) is 6.38. The molecule has 25 heavy (non-hydrogen) atoms. The van der Waals surface area contributed by atoms with Gasteiger partial charge in [-0.1, -0.05) is 35.9 Å². The normalized spacial score (nSPS) is 16.7. The average molecular weight is 339 g/mol. The quantitative estimate of drug-likeness (QED) is 0.909. The van der Waals surface area contributed by atoms with Gasteiger partial charge in [0.15, 0.2) is 0 Å². The van der Waals surface area contributed by atoms with E-state index in [9.17, 15) is 9.59 Å². The Morgan fingerprint density at radius 1 is 1.20 bits per heavy atom. The average Bonchev–Trinajstić information content (AvgIpc) is 3.10. The lowest BCUT2D eigenvalue weighted by Gasteiger charge is -2.16. The van der Waals surface area contributed by atoms with Crippen molar-refractivity contribution in [3.8, 4) is 5.75 Å². The highest BCUT2D eigenvalue weighted by molar-refractivity contribution is 5.95. The summed E-state index contributed by atoms with van der Waals surface area (Å²) in [5.74, 6) is -0.832. The van der Waals surface area contributed by atoms with Crippen LogP contribution in [0.4, 0.5) is 0 Å². The SMILES string of the molecule is Cc1cccc(COc2cccc(C(=O)N3CCC(C(=O)O)C3)c2)c1. The van der Waals surface area contributed by atoms with Crippen LogP contribution in [0.25, 0.3) is 0 Å². The Hall–Kier alpha value is -2.82. The zero-order valence-electron chi connectivity index (χ0n) is 14.1. The number of aryl methyl sites for hydroxylation is 1. The van der Waals surface area contributed by atoms with Gasteiger partial charge in [0.1, 0.15) is 12.4 Å². The number of ether oxygens (including phenoxy) is 1. The molecule has 130 valence electrons. The van der Waals surface area contributed by atoms with Gasteiger partial charge in [-0.05, 0) is 37.1 Å².